The zero-order chi connectivity index (χ0) is 44.2. The van der Waals surface area contributed by atoms with Crippen LogP contribution in [0.5, 0.6) is 11.5 Å². The van der Waals surface area contributed by atoms with Crippen LogP contribution in [0, 0.1) is 5.92 Å². The number of nitrogens with zero attached hydrogens (tertiary/aromatic N) is 1. The summed E-state index contributed by atoms with van der Waals surface area (Å²) in [6, 6.07) is 3.45. The maximum absolute atomic E-state index is 13.9. The number of rotatable bonds is 24. The maximum atomic E-state index is 13.9. The van der Waals surface area contributed by atoms with E-state index in [1.165, 1.54) is 55.5 Å². The van der Waals surface area contributed by atoms with Crippen LogP contribution in [0.2, 0.25) is 0 Å². The van der Waals surface area contributed by atoms with Gasteiger partial charge in [-0.15, -0.1) is 0 Å². The van der Waals surface area contributed by atoms with E-state index in [-0.39, 0.29) is 43.3 Å². The van der Waals surface area contributed by atoms with Crippen LogP contribution < -0.4 is 49.1 Å². The molecule has 0 fully saturated rings. The number of amides is 6. The number of hydrogen-bond acceptors (Lipinski definition) is 12. The average Bonchev–Trinajstić information content (AvgIpc) is 3.19. The van der Waals surface area contributed by atoms with Crippen molar-refractivity contribution in [3.8, 4) is 11.5 Å². The number of nitrogens with two attached hydrogens (primary N) is 3. The van der Waals surface area contributed by atoms with Crippen molar-refractivity contribution in [2.45, 2.75) is 89.1 Å². The number of guanidine groups is 1. The molecule has 16 N–H and O–H groups in total. The van der Waals surface area contributed by atoms with E-state index in [9.17, 15) is 48.9 Å². The van der Waals surface area contributed by atoms with Gasteiger partial charge in [0, 0.05) is 19.4 Å². The Kier molecular flexibility index (Phi) is 20.1. The molecule has 59 heavy (non-hydrogen) atoms. The summed E-state index contributed by atoms with van der Waals surface area (Å²) in [6.07, 6.45) is 0.664. The summed E-state index contributed by atoms with van der Waals surface area (Å²) in [5, 5.41) is 53.3. The van der Waals surface area contributed by atoms with Gasteiger partial charge in [-0.2, -0.15) is 0 Å². The Morgan fingerprint density at radius 3 is 1.63 bits per heavy atom. The molecule has 0 saturated carbocycles. The van der Waals surface area contributed by atoms with Crippen molar-refractivity contribution in [1.82, 2.24) is 31.9 Å². The lowest BCUT2D eigenvalue weighted by Gasteiger charge is -2.28. The fraction of sp³-hybridized carbons (Fsp3) is 0.474. The van der Waals surface area contributed by atoms with Gasteiger partial charge in [-0.3, -0.25) is 38.6 Å². The van der Waals surface area contributed by atoms with Gasteiger partial charge in [-0.05, 0) is 61.1 Å². The van der Waals surface area contributed by atoms with Crippen molar-refractivity contribution in [2.75, 3.05) is 19.7 Å². The summed E-state index contributed by atoms with van der Waals surface area (Å²) in [4.78, 5) is 94.9. The first kappa shape index (κ1) is 48.7. The van der Waals surface area contributed by atoms with Crippen molar-refractivity contribution in [3.63, 3.8) is 0 Å². The summed E-state index contributed by atoms with van der Waals surface area (Å²) < 4.78 is 0. The number of carboxylic acids is 1. The lowest BCUT2D eigenvalue weighted by Crippen LogP contribution is -2.61. The van der Waals surface area contributed by atoms with Gasteiger partial charge in [-0.25, -0.2) is 0 Å². The third-order valence-corrected chi connectivity index (χ3v) is 9.10. The van der Waals surface area contributed by atoms with Crippen molar-refractivity contribution in [1.29, 1.82) is 0 Å². The van der Waals surface area contributed by atoms with E-state index in [1.54, 1.807) is 13.8 Å². The van der Waals surface area contributed by atoms with Gasteiger partial charge in [0.25, 0.3) is 0 Å². The van der Waals surface area contributed by atoms with Gasteiger partial charge >= 0.3 is 5.97 Å². The predicted molar refractivity (Wildman–Crippen MR) is 214 cm³/mol. The van der Waals surface area contributed by atoms with E-state index >= 15 is 0 Å². The lowest BCUT2D eigenvalue weighted by molar-refractivity contribution is -0.138. The molecule has 2 rings (SSSR count). The van der Waals surface area contributed by atoms with Crippen LogP contribution in [-0.2, 0) is 46.4 Å². The maximum Gasteiger partial charge on any atom is 0.322 e. The van der Waals surface area contributed by atoms with Crippen molar-refractivity contribution < 1.29 is 54.0 Å². The van der Waals surface area contributed by atoms with E-state index in [4.69, 9.17) is 22.3 Å². The first-order valence-corrected chi connectivity index (χ1v) is 18.8. The molecule has 21 nitrogen and oxygen atoms in total. The minimum Gasteiger partial charge on any atom is -0.508 e. The highest BCUT2D eigenvalue weighted by atomic mass is 16.4. The van der Waals surface area contributed by atoms with Crippen LogP contribution in [0.15, 0.2) is 53.5 Å². The average molecular weight is 829 g/mol. The zero-order valence-corrected chi connectivity index (χ0v) is 33.1. The summed E-state index contributed by atoms with van der Waals surface area (Å²) in [6.45, 7) is 3.36. The second-order valence-electron chi connectivity index (χ2n) is 13.9. The largest absolute Gasteiger partial charge is 0.508 e. The highest BCUT2D eigenvalue weighted by molar-refractivity contribution is 5.97. The molecule has 0 saturated heterocycles. The summed E-state index contributed by atoms with van der Waals surface area (Å²) in [5.74, 6) is -7.06. The number of nitrogens with one attached hydrogen (secondary N) is 6. The number of aliphatic carboxylic acids is 1. The summed E-state index contributed by atoms with van der Waals surface area (Å²) >= 11 is 0. The van der Waals surface area contributed by atoms with Gasteiger partial charge in [0.1, 0.15) is 48.3 Å². The number of aliphatic hydroxyl groups is 1. The van der Waals surface area contributed by atoms with Crippen LogP contribution in [0.1, 0.15) is 51.2 Å². The molecule has 0 aliphatic carbocycles. The number of hydrogen-bond donors (Lipinski definition) is 13. The van der Waals surface area contributed by atoms with E-state index in [1.807, 2.05) is 0 Å². The SMILES string of the molecule is CC[C@H](C)[C@H](NC(=O)[C@@H](N)CCCN=C(N)N)C(=O)N[C@@H](Cc1ccc(O)cc1)C(=O)N[C@@H](CO)C(=O)N[C@@H](Cc1ccc(O)cc1)C(=O)N[C@@H](C)C(=O)NCC(=O)O. The predicted octanol–water partition coefficient (Wildman–Crippen LogP) is -3.05. The van der Waals surface area contributed by atoms with E-state index in [2.05, 4.69) is 36.9 Å². The standard InChI is InChI=1S/C38H56N10O11/c1-4-20(2)31(48-33(55)26(39)6-5-15-42-38(40)41)37(59)46-28(17-23-9-13-25(51)14-10-23)35(57)47-29(19-49)36(58)45-27(16-22-7-11-24(50)12-8-22)34(56)44-21(3)32(54)43-18-30(52)53/h7-14,20-21,26-29,31,49-51H,4-6,15-19,39H2,1-3H3,(H,43,54)(H,44,56)(H,45,58)(H,46,59)(H,47,57)(H,48,55)(H,52,53)(H4,40,41,42)/t20-,21-,26-,27-,28-,29-,31-/m0/s1. The Morgan fingerprint density at radius 1 is 0.678 bits per heavy atom. The van der Waals surface area contributed by atoms with E-state index < -0.39 is 96.7 Å². The highest BCUT2D eigenvalue weighted by Gasteiger charge is 2.34. The minimum atomic E-state index is -1.69. The number of benzene rings is 2. The number of aromatic hydroxyl groups is 2. The van der Waals surface area contributed by atoms with Crippen LogP contribution >= 0.6 is 0 Å². The van der Waals surface area contributed by atoms with Gasteiger partial charge in [0.05, 0.1) is 12.6 Å². The number of carboxylic acid groups (broad SMARTS) is 1. The normalized spacial score (nSPS) is 14.4. The Balaban J connectivity index is 2.33. The summed E-state index contributed by atoms with van der Waals surface area (Å²) in [5.41, 5.74) is 17.7. The number of aliphatic imine (C=N–C) groups is 1. The lowest BCUT2D eigenvalue weighted by atomic mass is 9.96. The minimum absolute atomic E-state index is 0.0637. The monoisotopic (exact) mass is 828 g/mol. The molecular weight excluding hydrogens is 772 g/mol. The number of aliphatic hydroxyl groups excluding tert-OH is 1. The molecule has 0 aliphatic rings. The topological polar surface area (TPSA) is 363 Å². The van der Waals surface area contributed by atoms with Crippen LogP contribution in [0.3, 0.4) is 0 Å². The number of carbonyl (C=O) groups is 7. The molecule has 21 heteroatoms. The van der Waals surface area contributed by atoms with Crippen LogP contribution in [-0.4, -0.2) is 124 Å². The molecule has 0 unspecified atom stereocenters. The third-order valence-electron chi connectivity index (χ3n) is 9.10. The number of phenols is 2. The number of carbonyl (C=O) groups excluding carboxylic acids is 6. The number of phenolic OH excluding ortho intramolecular Hbond substituents is 2. The molecule has 324 valence electrons. The zero-order valence-electron chi connectivity index (χ0n) is 33.1. The molecule has 0 heterocycles. The van der Waals surface area contributed by atoms with E-state index in [0.29, 0.717) is 24.0 Å². The molecule has 0 aromatic heterocycles. The molecule has 2 aromatic carbocycles. The second-order valence-corrected chi connectivity index (χ2v) is 13.9. The van der Waals surface area contributed by atoms with Crippen molar-refractivity contribution in [2.24, 2.45) is 28.1 Å². The van der Waals surface area contributed by atoms with Gasteiger partial charge < -0.3 is 69.5 Å². The fourth-order valence-electron chi connectivity index (χ4n) is 5.46. The quantitative estimate of drug-likeness (QED) is 0.0284. The first-order chi connectivity index (χ1) is 27.8. The van der Waals surface area contributed by atoms with Crippen molar-refractivity contribution in [3.05, 3.63) is 59.7 Å². The van der Waals surface area contributed by atoms with Crippen molar-refractivity contribution >= 4 is 47.4 Å². The molecule has 0 spiro atoms. The van der Waals surface area contributed by atoms with E-state index in [0.717, 1.165) is 0 Å². The molecule has 0 radical (unpaired) electrons. The molecule has 6 amide bonds. The van der Waals surface area contributed by atoms with Gasteiger partial charge in [-0.1, -0.05) is 44.5 Å². The highest BCUT2D eigenvalue weighted by Crippen LogP contribution is 2.15. The smallest absolute Gasteiger partial charge is 0.322 e. The fourth-order valence-corrected chi connectivity index (χ4v) is 5.46. The van der Waals surface area contributed by atoms with Gasteiger partial charge in [0.15, 0.2) is 5.96 Å². The second kappa shape index (κ2) is 24.3. The van der Waals surface area contributed by atoms with Gasteiger partial charge in [0.2, 0.25) is 35.4 Å². The Hall–Kier alpha value is -6.48. The summed E-state index contributed by atoms with van der Waals surface area (Å²) in [7, 11) is 0. The molecule has 0 bridgehead atoms. The molecule has 2 aromatic rings. The Morgan fingerprint density at radius 2 is 1.15 bits per heavy atom. The van der Waals surface area contributed by atoms with Crippen LogP contribution in [0.4, 0.5) is 0 Å². The molecular formula is C38H56N10O11. The van der Waals surface area contributed by atoms with Crippen LogP contribution in [0.25, 0.3) is 0 Å². The Bertz CT molecular complexity index is 1770. The first-order valence-electron chi connectivity index (χ1n) is 18.8. The Labute approximate surface area is 340 Å². The molecule has 7 atom stereocenters. The third kappa shape index (κ3) is 17.3. The molecule has 0 aliphatic heterocycles.